The molecule has 2 heteroatoms. The molecule has 0 aliphatic rings. The molecule has 0 fully saturated rings. The van der Waals surface area contributed by atoms with E-state index in [0.29, 0.717) is 0 Å². The van der Waals surface area contributed by atoms with Gasteiger partial charge in [0, 0.05) is 9.52 Å². The van der Waals surface area contributed by atoms with Crippen LogP contribution < -0.4 is 0 Å². The Kier molecular flexibility index (Phi) is 8.76. The van der Waals surface area contributed by atoms with E-state index in [2.05, 4.69) is 98.0 Å². The van der Waals surface area contributed by atoms with Crippen molar-refractivity contribution in [1.29, 1.82) is 0 Å². The quantitative estimate of drug-likeness (QED) is 0.288. The van der Waals surface area contributed by atoms with Crippen molar-refractivity contribution in [3.05, 3.63) is 84.9 Å². The van der Waals surface area contributed by atoms with Gasteiger partial charge in [-0.1, -0.05) is 25.2 Å². The Morgan fingerprint density at radius 2 is 1.00 bits per heavy atom. The smallest absolute Gasteiger partial charge is 0.168 e. The van der Waals surface area contributed by atoms with E-state index in [9.17, 15) is 0 Å². The first-order valence-electron chi connectivity index (χ1n) is 7.30. The van der Waals surface area contributed by atoms with Crippen LogP contribution in [0.15, 0.2) is 84.9 Å². The zero-order valence-electron chi connectivity index (χ0n) is 13.2. The largest absolute Gasteiger partial charge is 2.00 e. The Morgan fingerprint density at radius 3 is 1.36 bits per heavy atom. The molecule has 4 aromatic rings. The van der Waals surface area contributed by atoms with Gasteiger partial charge in [-0.25, -0.2) is 0 Å². The second-order valence-electron chi connectivity index (χ2n) is 4.89. The molecular formula is C20H21SiTi. The van der Waals surface area contributed by atoms with Crippen LogP contribution in [0.4, 0.5) is 0 Å². The molecular weight excluding hydrogens is 316 g/mol. The van der Waals surface area contributed by atoms with Crippen molar-refractivity contribution in [2.75, 3.05) is 0 Å². The molecule has 0 aliphatic carbocycles. The summed E-state index contributed by atoms with van der Waals surface area (Å²) in [7, 11) is 0.750. The van der Waals surface area contributed by atoms with Crippen molar-refractivity contribution in [2.45, 2.75) is 13.1 Å². The summed E-state index contributed by atoms with van der Waals surface area (Å²) in [6.07, 6.45) is 0. The molecule has 109 valence electrons. The van der Waals surface area contributed by atoms with Crippen LogP contribution in [0, 0.1) is 0 Å². The first kappa shape index (κ1) is 18.6. The number of hydrogen-bond donors (Lipinski definition) is 0. The van der Waals surface area contributed by atoms with Gasteiger partial charge < -0.3 is 0 Å². The molecule has 1 radical (unpaired) electrons. The Morgan fingerprint density at radius 1 is 0.636 bits per heavy atom. The molecule has 0 aromatic heterocycles. The van der Waals surface area contributed by atoms with Crippen LogP contribution in [-0.2, 0) is 21.7 Å². The first-order chi connectivity index (χ1) is 10.3. The van der Waals surface area contributed by atoms with Crippen LogP contribution in [0.5, 0.6) is 0 Å². The monoisotopic (exact) mass is 337 g/mol. The molecule has 0 nitrogen and oxygen atoms in total. The second-order valence-corrected chi connectivity index (χ2v) is 6.04. The van der Waals surface area contributed by atoms with Crippen molar-refractivity contribution in [2.24, 2.45) is 0 Å². The van der Waals surface area contributed by atoms with Crippen LogP contribution in [-0.4, -0.2) is 9.52 Å². The summed E-state index contributed by atoms with van der Waals surface area (Å²) in [5.41, 5.74) is 0. The van der Waals surface area contributed by atoms with E-state index in [1.165, 1.54) is 21.5 Å². The molecule has 0 heterocycles. The number of hydrogen-bond acceptors (Lipinski definition) is 0. The fourth-order valence-electron chi connectivity index (χ4n) is 2.14. The topological polar surface area (TPSA) is 0 Å². The normalized spacial score (nSPS) is 9.18. The number of rotatable bonds is 0. The Hall–Kier alpha value is -1.41. The first-order valence-corrected chi connectivity index (χ1v) is 9.61. The molecule has 0 bridgehead atoms. The molecule has 0 N–H and O–H groups in total. The summed E-state index contributed by atoms with van der Waals surface area (Å²) in [5.74, 6) is 0. The van der Waals surface area contributed by atoms with Gasteiger partial charge >= 0.3 is 21.7 Å². The minimum absolute atomic E-state index is 0. The second kappa shape index (κ2) is 10.3. The van der Waals surface area contributed by atoms with Gasteiger partial charge in [-0.3, -0.25) is 0 Å². The van der Waals surface area contributed by atoms with Crippen LogP contribution in [0.2, 0.25) is 13.1 Å². The van der Waals surface area contributed by atoms with Crippen molar-refractivity contribution in [3.63, 3.8) is 0 Å². The summed E-state index contributed by atoms with van der Waals surface area (Å²) in [6.45, 7) is 4.42. The van der Waals surface area contributed by atoms with E-state index >= 15 is 0 Å². The van der Waals surface area contributed by atoms with Gasteiger partial charge in [-0.15, -0.1) is 59.3 Å². The Bertz CT molecular complexity index is 641. The maximum absolute atomic E-state index is 2.21. The molecule has 0 saturated heterocycles. The van der Waals surface area contributed by atoms with Gasteiger partial charge in [0.1, 0.15) is 0 Å². The molecule has 0 saturated carbocycles. The maximum Gasteiger partial charge on any atom is 2.00 e. The number of fused-ring (bicyclic) bond motifs is 2. The molecule has 22 heavy (non-hydrogen) atoms. The Labute approximate surface area is 150 Å². The molecule has 4 aromatic carbocycles. The summed E-state index contributed by atoms with van der Waals surface area (Å²) in [6, 6.07) is 29.3. The van der Waals surface area contributed by atoms with E-state index < -0.39 is 0 Å². The minimum atomic E-state index is 0. The van der Waals surface area contributed by atoms with Crippen LogP contribution in [0.3, 0.4) is 0 Å². The van der Waals surface area contributed by atoms with Gasteiger partial charge in [0.2, 0.25) is 0 Å². The van der Waals surface area contributed by atoms with E-state index in [4.69, 9.17) is 0 Å². The summed E-state index contributed by atoms with van der Waals surface area (Å²) in [4.78, 5) is 0. The standard InChI is InChI=1S/2C9H7.C2H7Si.Ti/c2*1-2-5-9-7-3-6-8(9)4-1;1-3-2;/h2*1-7H;3H,1-2H3;/q2*-1;;+2. The van der Waals surface area contributed by atoms with E-state index in [1.54, 1.807) is 0 Å². The zero-order chi connectivity index (χ0) is 14.9. The summed E-state index contributed by atoms with van der Waals surface area (Å²) in [5, 5.41) is 5.32. The van der Waals surface area contributed by atoms with Gasteiger partial charge in [0.15, 0.2) is 0 Å². The van der Waals surface area contributed by atoms with Crippen molar-refractivity contribution < 1.29 is 21.7 Å². The third-order valence-electron chi connectivity index (χ3n) is 3.10. The maximum atomic E-state index is 2.21. The predicted octanol–water partition coefficient (Wildman–Crippen LogP) is 5.63. The third-order valence-corrected chi connectivity index (χ3v) is 3.10. The average Bonchev–Trinajstić information content (AvgIpc) is 3.17. The molecule has 0 atom stereocenters. The summed E-state index contributed by atoms with van der Waals surface area (Å²) >= 11 is 0. The van der Waals surface area contributed by atoms with Gasteiger partial charge in [-0.2, -0.15) is 35.0 Å². The van der Waals surface area contributed by atoms with Gasteiger partial charge in [0.25, 0.3) is 0 Å². The molecule has 0 spiro atoms. The van der Waals surface area contributed by atoms with Crippen LogP contribution in [0.25, 0.3) is 21.5 Å². The van der Waals surface area contributed by atoms with Crippen molar-refractivity contribution in [1.82, 2.24) is 0 Å². The van der Waals surface area contributed by atoms with E-state index in [0.717, 1.165) is 9.52 Å². The molecule has 0 unspecified atom stereocenters. The molecule has 4 rings (SSSR count). The van der Waals surface area contributed by atoms with Crippen molar-refractivity contribution >= 4 is 31.1 Å². The minimum Gasteiger partial charge on any atom is -0.168 e. The summed E-state index contributed by atoms with van der Waals surface area (Å²) < 4.78 is 0. The van der Waals surface area contributed by atoms with Gasteiger partial charge in [-0.05, 0) is 0 Å². The van der Waals surface area contributed by atoms with Crippen LogP contribution in [0.1, 0.15) is 0 Å². The van der Waals surface area contributed by atoms with E-state index in [1.807, 2.05) is 0 Å². The van der Waals surface area contributed by atoms with Crippen molar-refractivity contribution in [3.8, 4) is 0 Å². The molecule has 0 amide bonds. The van der Waals surface area contributed by atoms with Crippen LogP contribution >= 0.6 is 0 Å². The SMILES string of the molecule is C[SiH]C.[Ti+2].c1ccc2[cH-]ccc2c1.c1ccc2[cH-]ccc2c1. The number of benzene rings is 2. The Balaban J connectivity index is 0.000000181. The van der Waals surface area contributed by atoms with Gasteiger partial charge in [0.05, 0.1) is 0 Å². The van der Waals surface area contributed by atoms with E-state index in [-0.39, 0.29) is 21.7 Å². The predicted molar refractivity (Wildman–Crippen MR) is 98.0 cm³/mol. The molecule has 0 aliphatic heterocycles. The fourth-order valence-corrected chi connectivity index (χ4v) is 2.14. The third kappa shape index (κ3) is 5.42. The average molecular weight is 337 g/mol. The fraction of sp³-hybridized carbons (Fsp3) is 0.100. The zero-order valence-corrected chi connectivity index (χ0v) is 15.9.